The molecule has 0 bridgehead atoms. The predicted molar refractivity (Wildman–Crippen MR) is 87.3 cm³/mol. The summed E-state index contributed by atoms with van der Waals surface area (Å²) in [7, 11) is 0. The number of aromatic nitrogens is 2. The van der Waals surface area contributed by atoms with Gasteiger partial charge in [-0.15, -0.1) is 11.3 Å². The molecule has 0 aliphatic heterocycles. The number of rotatable bonds is 5. The van der Waals surface area contributed by atoms with E-state index in [1.54, 1.807) is 17.4 Å². The van der Waals surface area contributed by atoms with Gasteiger partial charge in [-0.05, 0) is 36.8 Å². The number of nitrogens with two attached hydrogens (primary N) is 1. The van der Waals surface area contributed by atoms with E-state index in [0.717, 1.165) is 22.3 Å². The molecule has 6 heteroatoms. The van der Waals surface area contributed by atoms with Gasteiger partial charge in [-0.1, -0.05) is 6.92 Å². The summed E-state index contributed by atoms with van der Waals surface area (Å²) >= 11 is 1.61. The van der Waals surface area contributed by atoms with Crippen molar-refractivity contribution >= 4 is 38.7 Å². The Hall–Kier alpha value is -2.34. The molecule has 0 spiro atoms. The molecule has 3 aromatic rings. The number of nitrogens with one attached hydrogen (secondary N) is 1. The number of anilines is 3. The Kier molecular flexibility index (Phi) is 3.87. The van der Waals surface area contributed by atoms with E-state index in [0.29, 0.717) is 24.0 Å². The molecule has 2 heterocycles. The molecule has 108 valence electrons. The van der Waals surface area contributed by atoms with Crippen LogP contribution >= 0.6 is 11.3 Å². The fourth-order valence-corrected chi connectivity index (χ4v) is 2.63. The highest BCUT2D eigenvalue weighted by Gasteiger charge is 2.05. The summed E-state index contributed by atoms with van der Waals surface area (Å²) in [5.74, 6) is 1.18. The van der Waals surface area contributed by atoms with Gasteiger partial charge in [0.05, 0.1) is 28.0 Å². The summed E-state index contributed by atoms with van der Waals surface area (Å²) < 4.78 is 6.68. The van der Waals surface area contributed by atoms with Gasteiger partial charge in [0.25, 0.3) is 0 Å². The van der Waals surface area contributed by atoms with Crippen molar-refractivity contribution in [3.8, 4) is 5.88 Å². The van der Waals surface area contributed by atoms with E-state index in [1.165, 1.54) is 0 Å². The first kappa shape index (κ1) is 13.6. The number of nitrogen functional groups attached to an aromatic ring is 1. The maximum absolute atomic E-state index is 5.86. The molecule has 0 amide bonds. The van der Waals surface area contributed by atoms with Crippen molar-refractivity contribution in [2.24, 2.45) is 0 Å². The number of benzene rings is 1. The van der Waals surface area contributed by atoms with E-state index in [4.69, 9.17) is 10.5 Å². The number of ether oxygens (including phenoxy) is 1. The molecule has 5 nitrogen and oxygen atoms in total. The van der Waals surface area contributed by atoms with Crippen molar-refractivity contribution < 1.29 is 4.74 Å². The van der Waals surface area contributed by atoms with Crippen LogP contribution in [0, 0.1) is 0 Å². The molecular weight excluding hydrogens is 284 g/mol. The number of pyridine rings is 1. The Morgan fingerprint density at radius 3 is 3.05 bits per heavy atom. The van der Waals surface area contributed by atoms with Crippen LogP contribution in [0.5, 0.6) is 5.88 Å². The molecule has 0 unspecified atom stereocenters. The van der Waals surface area contributed by atoms with Crippen LogP contribution in [-0.2, 0) is 0 Å². The first-order valence-corrected chi connectivity index (χ1v) is 7.64. The number of hydrogen-bond donors (Lipinski definition) is 2. The minimum absolute atomic E-state index is 0.473. The van der Waals surface area contributed by atoms with Crippen LogP contribution in [-0.4, -0.2) is 16.6 Å². The van der Waals surface area contributed by atoms with Crippen molar-refractivity contribution in [3.05, 3.63) is 35.8 Å². The van der Waals surface area contributed by atoms with E-state index in [2.05, 4.69) is 21.4 Å². The van der Waals surface area contributed by atoms with Gasteiger partial charge in [0, 0.05) is 5.69 Å². The van der Waals surface area contributed by atoms with Gasteiger partial charge in [0.15, 0.2) is 0 Å². The molecule has 0 fully saturated rings. The van der Waals surface area contributed by atoms with Crippen molar-refractivity contribution in [2.45, 2.75) is 13.3 Å². The molecule has 0 atom stereocenters. The Morgan fingerprint density at radius 2 is 2.19 bits per heavy atom. The van der Waals surface area contributed by atoms with Gasteiger partial charge in [0.2, 0.25) is 5.88 Å². The summed E-state index contributed by atoms with van der Waals surface area (Å²) in [6.07, 6.45) is 0.917. The third-order valence-electron chi connectivity index (χ3n) is 2.94. The summed E-state index contributed by atoms with van der Waals surface area (Å²) in [5, 5.41) is 3.26. The highest BCUT2D eigenvalue weighted by Crippen LogP contribution is 2.26. The van der Waals surface area contributed by atoms with Crippen molar-refractivity contribution in [1.29, 1.82) is 0 Å². The van der Waals surface area contributed by atoms with Gasteiger partial charge in [-0.3, -0.25) is 0 Å². The number of hydrogen-bond acceptors (Lipinski definition) is 6. The predicted octanol–water partition coefficient (Wildman–Crippen LogP) is 3.81. The molecule has 21 heavy (non-hydrogen) atoms. The Labute approximate surface area is 126 Å². The van der Waals surface area contributed by atoms with E-state index < -0.39 is 0 Å². The third-order valence-corrected chi connectivity index (χ3v) is 3.73. The zero-order valence-electron chi connectivity index (χ0n) is 11.7. The van der Waals surface area contributed by atoms with Gasteiger partial charge in [-0.25, -0.2) is 4.98 Å². The molecule has 2 aromatic heterocycles. The second kappa shape index (κ2) is 5.97. The Morgan fingerprint density at radius 1 is 1.29 bits per heavy atom. The van der Waals surface area contributed by atoms with Crippen LogP contribution in [0.4, 0.5) is 17.2 Å². The third kappa shape index (κ3) is 3.05. The van der Waals surface area contributed by atoms with Crippen LogP contribution in [0.2, 0.25) is 0 Å². The molecule has 3 rings (SSSR count). The van der Waals surface area contributed by atoms with Gasteiger partial charge in [0.1, 0.15) is 5.82 Å². The summed E-state index contributed by atoms with van der Waals surface area (Å²) in [6, 6.07) is 9.65. The van der Waals surface area contributed by atoms with E-state index in [9.17, 15) is 0 Å². The van der Waals surface area contributed by atoms with Crippen LogP contribution < -0.4 is 15.8 Å². The molecule has 0 saturated heterocycles. The Balaban J connectivity index is 1.83. The molecule has 0 radical (unpaired) electrons. The van der Waals surface area contributed by atoms with Gasteiger partial charge < -0.3 is 15.8 Å². The molecule has 1 aromatic carbocycles. The minimum Gasteiger partial charge on any atom is -0.476 e. The minimum atomic E-state index is 0.473. The number of fused-ring (bicyclic) bond motifs is 1. The van der Waals surface area contributed by atoms with E-state index >= 15 is 0 Å². The lowest BCUT2D eigenvalue weighted by Crippen LogP contribution is -2.03. The fraction of sp³-hybridized carbons (Fsp3) is 0.200. The van der Waals surface area contributed by atoms with Gasteiger partial charge in [-0.2, -0.15) is 4.98 Å². The second-order valence-electron chi connectivity index (χ2n) is 4.60. The van der Waals surface area contributed by atoms with E-state index in [1.807, 2.05) is 30.6 Å². The first-order chi connectivity index (χ1) is 10.3. The summed E-state index contributed by atoms with van der Waals surface area (Å²) in [4.78, 5) is 8.67. The molecular formula is C15H16N4OS. The maximum atomic E-state index is 5.86. The highest BCUT2D eigenvalue weighted by atomic mass is 32.1. The summed E-state index contributed by atoms with van der Waals surface area (Å²) in [6.45, 7) is 2.65. The largest absolute Gasteiger partial charge is 0.476 e. The van der Waals surface area contributed by atoms with Crippen molar-refractivity contribution in [1.82, 2.24) is 9.97 Å². The Bertz CT molecular complexity index is 756. The lowest BCUT2D eigenvalue weighted by atomic mass is 10.3. The SMILES string of the molecule is CCCOc1nc(Nc2ccc3ncsc3c2)ccc1N. The van der Waals surface area contributed by atoms with Crippen LogP contribution in [0.25, 0.3) is 10.2 Å². The molecule has 3 N–H and O–H groups in total. The van der Waals surface area contributed by atoms with Crippen LogP contribution in [0.15, 0.2) is 35.8 Å². The quantitative estimate of drug-likeness (QED) is 0.749. The average Bonchev–Trinajstić information content (AvgIpc) is 2.95. The zero-order chi connectivity index (χ0) is 14.7. The number of nitrogens with zero attached hydrogens (tertiary/aromatic N) is 2. The fourth-order valence-electron chi connectivity index (χ4n) is 1.92. The maximum Gasteiger partial charge on any atom is 0.239 e. The smallest absolute Gasteiger partial charge is 0.239 e. The van der Waals surface area contributed by atoms with E-state index in [-0.39, 0.29) is 0 Å². The van der Waals surface area contributed by atoms with Crippen LogP contribution in [0.1, 0.15) is 13.3 Å². The first-order valence-electron chi connectivity index (χ1n) is 6.76. The zero-order valence-corrected chi connectivity index (χ0v) is 12.5. The monoisotopic (exact) mass is 300 g/mol. The normalized spacial score (nSPS) is 10.7. The van der Waals surface area contributed by atoms with Crippen molar-refractivity contribution in [2.75, 3.05) is 17.7 Å². The van der Waals surface area contributed by atoms with Crippen molar-refractivity contribution in [3.63, 3.8) is 0 Å². The van der Waals surface area contributed by atoms with Gasteiger partial charge >= 0.3 is 0 Å². The second-order valence-corrected chi connectivity index (χ2v) is 5.49. The highest BCUT2D eigenvalue weighted by molar-refractivity contribution is 7.16. The standard InChI is InChI=1S/C15H16N4OS/c1-2-7-20-15-11(16)4-6-14(19-15)18-10-3-5-12-13(8-10)21-9-17-12/h3-6,8-9H,2,7,16H2,1H3,(H,18,19). The summed E-state index contributed by atoms with van der Waals surface area (Å²) in [5.41, 5.74) is 10.2. The topological polar surface area (TPSA) is 73.1 Å². The lowest BCUT2D eigenvalue weighted by Gasteiger charge is -2.10. The average molecular weight is 300 g/mol. The molecule has 0 saturated carbocycles. The number of thiazole rings is 1. The molecule has 0 aliphatic rings. The lowest BCUT2D eigenvalue weighted by molar-refractivity contribution is 0.307. The van der Waals surface area contributed by atoms with Crippen LogP contribution in [0.3, 0.4) is 0 Å². The molecule has 0 aliphatic carbocycles.